The molecule has 12 rings (SSSR count). The summed E-state index contributed by atoms with van der Waals surface area (Å²) in [6.07, 6.45) is -21.4. The van der Waals surface area contributed by atoms with Crippen molar-refractivity contribution in [3.8, 4) is 0 Å². The molecule has 4 amide bonds. The van der Waals surface area contributed by atoms with Gasteiger partial charge in [-0.05, 0) is 260 Å². The highest BCUT2D eigenvalue weighted by molar-refractivity contribution is 6.32. The second kappa shape index (κ2) is 20.6. The minimum Gasteiger partial charge on any atom is -0.369 e. The molecular formula is C60H65Cl3N4O4. The number of nitrogens with two attached hydrogens (primary N) is 4. The Morgan fingerprint density at radius 2 is 0.915 bits per heavy atom. The highest BCUT2D eigenvalue weighted by Crippen LogP contribution is 2.49. The second-order valence-corrected chi connectivity index (χ2v) is 19.2. The van der Waals surface area contributed by atoms with E-state index in [4.69, 9.17) is 89.3 Å². The predicted molar refractivity (Wildman–Crippen MR) is 288 cm³/mol. The fraction of sp³-hybridized carbons (Fsp3) is 0.400. The Labute approximate surface area is 465 Å². The summed E-state index contributed by atoms with van der Waals surface area (Å²) in [4.78, 5) is 47.6. The van der Waals surface area contributed by atoms with Crippen molar-refractivity contribution in [2.45, 2.75) is 130 Å². The van der Waals surface area contributed by atoms with Crippen molar-refractivity contribution >= 4 is 80.7 Å². The van der Waals surface area contributed by atoms with Gasteiger partial charge in [-0.3, -0.25) is 19.2 Å². The predicted octanol–water partition coefficient (Wildman–Crippen LogP) is 12.3. The summed E-state index contributed by atoms with van der Waals surface area (Å²) >= 11 is 18.3. The van der Waals surface area contributed by atoms with Gasteiger partial charge in [-0.25, -0.2) is 0 Å². The van der Waals surface area contributed by atoms with Gasteiger partial charge in [0.05, 0.1) is 27.7 Å². The topological polar surface area (TPSA) is 172 Å². The maximum Gasteiger partial charge on any atom is 0.224 e. The zero-order chi connectivity index (χ0) is 71.2. The highest BCUT2D eigenvalue weighted by Gasteiger charge is 2.37. The Kier molecular flexibility index (Phi) is 8.51. The number of hydrogen-bond donors (Lipinski definition) is 4. The highest BCUT2D eigenvalue weighted by atomic mass is 35.5. The van der Waals surface area contributed by atoms with Gasteiger partial charge in [0, 0.05) is 42.5 Å². The number of benzene rings is 4. The summed E-state index contributed by atoms with van der Waals surface area (Å²) in [5.74, 6) is -12.0. The van der Waals surface area contributed by atoms with Crippen molar-refractivity contribution in [2.75, 3.05) is 0 Å². The van der Waals surface area contributed by atoms with E-state index < -0.39 is 124 Å². The molecule has 0 radical (unpaired) electrons. The molecule has 0 saturated carbocycles. The molecule has 0 spiro atoms. The van der Waals surface area contributed by atoms with Gasteiger partial charge in [0.25, 0.3) is 0 Å². The zero-order valence-electron chi connectivity index (χ0n) is 62.2. The number of halogens is 3. The van der Waals surface area contributed by atoms with E-state index in [1.165, 1.54) is 6.07 Å². The molecule has 0 heterocycles. The van der Waals surface area contributed by atoms with Crippen molar-refractivity contribution < 1.29 is 50.7 Å². The van der Waals surface area contributed by atoms with Crippen LogP contribution in [0.5, 0.6) is 0 Å². The fourth-order valence-electron chi connectivity index (χ4n) is 9.86. The molecule has 4 unspecified atom stereocenters. The van der Waals surface area contributed by atoms with E-state index in [0.29, 0.717) is 55.1 Å². The summed E-state index contributed by atoms with van der Waals surface area (Å²) in [7, 11) is 0. The second-order valence-electron chi connectivity index (χ2n) is 18.0. The largest absolute Gasteiger partial charge is 0.369 e. The molecule has 71 heavy (non-hydrogen) atoms. The Bertz CT molecular complexity index is 4240. The average molecular weight is 1040 g/mol. The molecule has 8 nitrogen and oxygen atoms in total. The van der Waals surface area contributed by atoms with Gasteiger partial charge in [0.1, 0.15) is 0 Å². The minimum absolute atomic E-state index is 0.0313. The monoisotopic (exact) mass is 1030 g/mol. The third-order valence-corrected chi connectivity index (χ3v) is 14.5. The quantitative estimate of drug-likeness (QED) is 0.159. The first-order valence-corrected chi connectivity index (χ1v) is 23.8. The number of carbonyl (C=O) groups is 4. The third kappa shape index (κ3) is 9.93. The average Bonchev–Trinajstić information content (AvgIpc) is 1.49. The third-order valence-electron chi connectivity index (χ3n) is 13.5. The lowest BCUT2D eigenvalue weighted by Crippen LogP contribution is -2.27. The Hall–Kier alpha value is -5.41. The van der Waals surface area contributed by atoms with Crippen LogP contribution in [-0.4, -0.2) is 23.6 Å². The van der Waals surface area contributed by atoms with Gasteiger partial charge in [-0.15, -0.1) is 0 Å². The molecule has 0 bridgehead atoms. The molecule has 370 valence electrons. The van der Waals surface area contributed by atoms with Gasteiger partial charge < -0.3 is 22.9 Å². The van der Waals surface area contributed by atoms with Gasteiger partial charge in [0.15, 0.2) is 0 Å². The number of aryl methyl sites for hydroxylation is 3. The van der Waals surface area contributed by atoms with E-state index in [-0.39, 0.29) is 104 Å². The first-order chi connectivity index (χ1) is 42.5. The fourth-order valence-corrected chi connectivity index (χ4v) is 10.4. The Morgan fingerprint density at radius 1 is 0.493 bits per heavy atom. The lowest BCUT2D eigenvalue weighted by atomic mass is 9.82. The molecule has 11 heteroatoms. The number of carbonyl (C=O) groups excluding carboxylic acids is 4. The molecule has 8 aliphatic carbocycles. The zero-order valence-corrected chi connectivity index (χ0v) is 41.5. The summed E-state index contributed by atoms with van der Waals surface area (Å²) in [6.45, 7) is 6.95. The van der Waals surface area contributed by atoms with Crippen LogP contribution in [0, 0.1) is 51.3 Å². The molecule has 0 fully saturated rings. The molecular weight excluding hydrogens is 947 g/mol. The summed E-state index contributed by atoms with van der Waals surface area (Å²) in [6, 6.07) is 10.1. The lowest BCUT2D eigenvalue weighted by molar-refractivity contribution is -0.121. The van der Waals surface area contributed by atoms with E-state index in [0.717, 1.165) is 11.1 Å². The van der Waals surface area contributed by atoms with Gasteiger partial charge in [-0.2, -0.15) is 0 Å². The summed E-state index contributed by atoms with van der Waals surface area (Å²) in [5.41, 5.74) is 28.5. The molecule has 0 aromatic heterocycles. The van der Waals surface area contributed by atoms with Crippen LogP contribution in [0.4, 0.5) is 0 Å². The number of amides is 4. The van der Waals surface area contributed by atoms with Crippen LogP contribution in [0.3, 0.4) is 0 Å². The molecule has 4 aromatic carbocycles. The summed E-state index contributed by atoms with van der Waals surface area (Å²) < 4.78 is 189. The van der Waals surface area contributed by atoms with Crippen LogP contribution in [0.25, 0.3) is 22.3 Å². The molecule has 0 saturated heterocycles. The first-order valence-electron chi connectivity index (χ1n) is 34.2. The van der Waals surface area contributed by atoms with E-state index in [1.807, 2.05) is 6.92 Å². The van der Waals surface area contributed by atoms with Gasteiger partial charge >= 0.3 is 0 Å². The Morgan fingerprint density at radius 3 is 1.42 bits per heavy atom. The molecule has 0 aliphatic heterocycles. The van der Waals surface area contributed by atoms with Crippen LogP contribution in [0.1, 0.15) is 175 Å². The first kappa shape index (κ1) is 29.3. The van der Waals surface area contributed by atoms with Crippen LogP contribution in [-0.2, 0) is 44.9 Å². The Balaban J connectivity index is 0.000000148. The van der Waals surface area contributed by atoms with Crippen LogP contribution < -0.4 is 22.9 Å². The lowest BCUT2D eigenvalue weighted by Gasteiger charge is -2.22. The van der Waals surface area contributed by atoms with Gasteiger partial charge in [0.2, 0.25) is 23.6 Å². The van der Waals surface area contributed by atoms with Crippen molar-refractivity contribution in [2.24, 2.45) is 46.5 Å². The standard InChI is InChI=1S/3C15H16ClNO.C15H17NO/c2*1-8-5-9-6-13-10(12(9)7-14(8)16)3-2-4-11(13)15(17)18;1-8-5-9(16)6-13-10-3-2-4-11(15(17)18)14(10)7-12(8)13;1-9-5-6-10-8-14-11(13(10)7-9)3-2-4-12(14)15(16)17/h2*5,7,11H,2-4,6H2,1H3,(H2,17,18);5-6,11H,2-4,7H2,1H3,(H2,17,18);5-7,12H,2-4,8H2,1H3,(H2,16,17)/i2D2,3D2,5D,11D;2D2,3D2,11D;2D2,3D2,6D,11D;2D2,3D2,7D,12D. The van der Waals surface area contributed by atoms with Gasteiger partial charge in [-0.1, -0.05) is 70.7 Å². The van der Waals surface area contributed by atoms with Crippen LogP contribution >= 0.6 is 34.8 Å². The van der Waals surface area contributed by atoms with Crippen LogP contribution in [0.2, 0.25) is 15.1 Å². The van der Waals surface area contributed by atoms with Crippen molar-refractivity contribution in [3.05, 3.63) is 159 Å². The smallest absolute Gasteiger partial charge is 0.224 e. The SMILES string of the molecule is [2H]C1(C(N)=O)CC([2H])([2H])C([2H])([2H])C2=C1Cc1cc(C)c(Cl)cc12.[2H]c1c(C)c(Cl)cc2c1CC1=C2C([2H])([2H])C([2H])([2H])CC1([2H])C(N)=O.[2H]c1c(C)ccc2c1C1=C(C2)C([2H])(C(N)=O)CC([2H])([2H])C1([2H])[2H].[2H]c1c(Cl)cc(C)c2c1C1=C(C2)C([2H])(C(N)=O)CC([2H])([2H])C1([2H])[2H]. The number of allylic oxidation sites excluding steroid dienone is 4. The minimum atomic E-state index is -2.48. The van der Waals surface area contributed by atoms with E-state index >= 15 is 0 Å². The number of fused-ring (bicyclic) bond motifs is 8. The van der Waals surface area contributed by atoms with E-state index in [2.05, 4.69) is 0 Å². The number of rotatable bonds is 4. The van der Waals surface area contributed by atoms with E-state index in [9.17, 15) is 19.2 Å². The van der Waals surface area contributed by atoms with Crippen molar-refractivity contribution in [3.63, 3.8) is 0 Å². The van der Waals surface area contributed by atoms with Crippen LogP contribution in [0.15, 0.2) is 76.8 Å². The molecule has 4 atom stereocenters. The number of hydrogen-bond acceptors (Lipinski definition) is 4. The van der Waals surface area contributed by atoms with Crippen molar-refractivity contribution in [1.29, 1.82) is 0 Å². The molecule has 8 N–H and O–H groups in total. The van der Waals surface area contributed by atoms with Crippen molar-refractivity contribution in [1.82, 2.24) is 0 Å². The normalized spacial score (nSPS) is 36.5. The molecule has 4 aromatic rings. The molecule has 8 aliphatic rings. The summed E-state index contributed by atoms with van der Waals surface area (Å²) in [5, 5.41) is 0.828. The maximum absolute atomic E-state index is 11.9. The number of primary amides is 4. The van der Waals surface area contributed by atoms with E-state index in [1.54, 1.807) is 51.1 Å². The maximum atomic E-state index is 11.9.